The Bertz CT molecular complexity index is 1130. The van der Waals surface area contributed by atoms with Gasteiger partial charge in [-0.1, -0.05) is 67.0 Å². The third-order valence-electron chi connectivity index (χ3n) is 6.15. The zero-order valence-corrected chi connectivity index (χ0v) is 19.7. The van der Waals surface area contributed by atoms with Gasteiger partial charge in [-0.15, -0.1) is 0 Å². The molecule has 5 heteroatoms. The molecule has 0 spiro atoms. The Morgan fingerprint density at radius 1 is 0.939 bits per heavy atom. The van der Waals surface area contributed by atoms with Gasteiger partial charge in [-0.05, 0) is 83.7 Å². The molecule has 0 bridgehead atoms. The normalized spacial score (nSPS) is 11.8. The summed E-state index contributed by atoms with van der Waals surface area (Å²) in [5.74, 6) is -0.00486. The number of carbonyl (C=O) groups excluding carboxylic acids is 1. The van der Waals surface area contributed by atoms with Crippen LogP contribution in [0.3, 0.4) is 0 Å². The second-order valence-electron chi connectivity index (χ2n) is 8.37. The Kier molecular flexibility index (Phi) is 8.25. The van der Waals surface area contributed by atoms with E-state index >= 15 is 0 Å². The van der Waals surface area contributed by atoms with E-state index in [-0.39, 0.29) is 5.91 Å². The maximum atomic E-state index is 12.7. The Morgan fingerprint density at radius 3 is 2.03 bits per heavy atom. The number of hydrogen-bond acceptors (Lipinski definition) is 3. The van der Waals surface area contributed by atoms with E-state index in [2.05, 4.69) is 85.5 Å². The minimum atomic E-state index is -0.00486. The van der Waals surface area contributed by atoms with Crippen molar-refractivity contribution >= 4 is 12.2 Å². The number of benzene rings is 3. The molecule has 33 heavy (non-hydrogen) atoms. The number of fused-ring (bicyclic) bond motifs is 2. The molecule has 0 atom stereocenters. The fourth-order valence-corrected chi connectivity index (χ4v) is 4.28. The molecule has 5 nitrogen and oxygen atoms in total. The van der Waals surface area contributed by atoms with Gasteiger partial charge >= 0.3 is 0 Å². The van der Waals surface area contributed by atoms with Crippen molar-refractivity contribution in [2.75, 3.05) is 0 Å². The van der Waals surface area contributed by atoms with E-state index in [0.717, 1.165) is 43.1 Å². The van der Waals surface area contributed by atoms with Gasteiger partial charge in [-0.2, -0.15) is 0 Å². The molecule has 3 aromatic rings. The Morgan fingerprint density at radius 2 is 1.48 bits per heavy atom. The molecule has 172 valence electrons. The van der Waals surface area contributed by atoms with Crippen LogP contribution >= 0.6 is 0 Å². The smallest absolute Gasteiger partial charge is 0.251 e. The number of hydrogen-bond donors (Lipinski definition) is 3. The van der Waals surface area contributed by atoms with Crippen molar-refractivity contribution in [1.82, 2.24) is 5.32 Å². The lowest BCUT2D eigenvalue weighted by Gasteiger charge is -2.23. The number of nitrogens with zero attached hydrogens (tertiary/aromatic N) is 1. The molecule has 1 aliphatic carbocycles. The molecule has 0 saturated carbocycles. The fourth-order valence-electron chi connectivity index (χ4n) is 4.28. The first-order valence-corrected chi connectivity index (χ1v) is 11.5. The van der Waals surface area contributed by atoms with Crippen LogP contribution in [0.5, 0.6) is 0 Å². The van der Waals surface area contributed by atoms with Gasteiger partial charge in [0, 0.05) is 12.1 Å². The molecule has 0 radical (unpaired) electrons. The summed E-state index contributed by atoms with van der Waals surface area (Å²) in [6, 6.07) is 19.3. The molecule has 1 amide bonds. The van der Waals surface area contributed by atoms with Crippen molar-refractivity contribution in [2.45, 2.75) is 53.0 Å². The van der Waals surface area contributed by atoms with Crippen molar-refractivity contribution in [1.29, 1.82) is 0 Å². The lowest BCUT2D eigenvalue weighted by molar-refractivity contribution is 0.0951. The van der Waals surface area contributed by atoms with Gasteiger partial charge in [0.15, 0.2) is 0 Å². The standard InChI is InChI=1S/C27H29NO.CH4N2O/c1-4-20-12-25-14-22-10-11-23(15-24(22)16-26(25)13-21(20)5-2)27(29)28-17-19-8-6-18(3)7-9-19;2-1-3-4/h6-13,15H,4-5,14,16-17H2,1-3H3,(H,28,29);1,4H,(H2,2,3). The fraction of sp³-hybridized carbons (Fsp3) is 0.286. The van der Waals surface area contributed by atoms with Crippen molar-refractivity contribution in [3.05, 3.63) is 105 Å². The summed E-state index contributed by atoms with van der Waals surface area (Å²) in [7, 11) is 0. The minimum absolute atomic E-state index is 0.00486. The van der Waals surface area contributed by atoms with Crippen LogP contribution in [-0.4, -0.2) is 17.5 Å². The number of amides is 1. The summed E-state index contributed by atoms with van der Waals surface area (Å²) >= 11 is 0. The topological polar surface area (TPSA) is 87.7 Å². The lowest BCUT2D eigenvalue weighted by atomic mass is 9.82. The summed E-state index contributed by atoms with van der Waals surface area (Å²) < 4.78 is 0. The molecule has 3 aromatic carbocycles. The van der Waals surface area contributed by atoms with E-state index in [0.29, 0.717) is 6.54 Å². The van der Waals surface area contributed by atoms with Crippen molar-refractivity contribution < 1.29 is 10.0 Å². The summed E-state index contributed by atoms with van der Waals surface area (Å²) in [6.45, 7) is 7.09. The highest BCUT2D eigenvalue weighted by Crippen LogP contribution is 2.30. The summed E-state index contributed by atoms with van der Waals surface area (Å²) in [6.07, 6.45) is 4.85. The van der Waals surface area contributed by atoms with Gasteiger partial charge in [-0.3, -0.25) is 4.79 Å². The SMILES string of the molecule is CCc1cc2c(cc1CC)Cc1cc(C(=O)NCc3ccc(C)cc3)ccc1C2.N/C=N/O. The maximum Gasteiger partial charge on any atom is 0.251 e. The van der Waals surface area contributed by atoms with E-state index < -0.39 is 0 Å². The molecule has 0 saturated heterocycles. The van der Waals surface area contributed by atoms with Gasteiger partial charge in [0.1, 0.15) is 6.34 Å². The lowest BCUT2D eigenvalue weighted by Crippen LogP contribution is -2.23. The third kappa shape index (κ3) is 6.01. The zero-order valence-electron chi connectivity index (χ0n) is 19.7. The summed E-state index contributed by atoms with van der Waals surface area (Å²) in [5.41, 5.74) is 16.0. The van der Waals surface area contributed by atoms with Crippen LogP contribution in [0.2, 0.25) is 0 Å². The zero-order chi connectivity index (χ0) is 23.8. The highest BCUT2D eigenvalue weighted by atomic mass is 16.4. The quantitative estimate of drug-likeness (QED) is 0.177. The van der Waals surface area contributed by atoms with E-state index in [4.69, 9.17) is 5.21 Å². The van der Waals surface area contributed by atoms with Crippen LogP contribution in [0.4, 0.5) is 0 Å². The maximum absolute atomic E-state index is 12.7. The van der Waals surface area contributed by atoms with Crippen LogP contribution in [-0.2, 0) is 32.2 Å². The number of aryl methyl sites for hydroxylation is 3. The van der Waals surface area contributed by atoms with Gasteiger partial charge < -0.3 is 16.3 Å². The van der Waals surface area contributed by atoms with Crippen LogP contribution in [0.1, 0.15) is 68.7 Å². The predicted molar refractivity (Wildman–Crippen MR) is 134 cm³/mol. The van der Waals surface area contributed by atoms with Crippen LogP contribution in [0, 0.1) is 6.92 Å². The van der Waals surface area contributed by atoms with E-state index in [9.17, 15) is 4.79 Å². The molecule has 1 aliphatic rings. The minimum Gasteiger partial charge on any atom is -0.410 e. The van der Waals surface area contributed by atoms with Crippen molar-refractivity contribution in [3.8, 4) is 0 Å². The number of nitrogens with one attached hydrogen (secondary N) is 1. The van der Waals surface area contributed by atoms with Crippen LogP contribution in [0.15, 0.2) is 59.8 Å². The molecule has 0 heterocycles. The molecule has 0 fully saturated rings. The van der Waals surface area contributed by atoms with Gasteiger partial charge in [0.05, 0.1) is 0 Å². The monoisotopic (exact) mass is 443 g/mol. The first-order valence-electron chi connectivity index (χ1n) is 11.5. The Balaban J connectivity index is 0.000000709. The van der Waals surface area contributed by atoms with E-state index in [1.807, 2.05) is 6.07 Å². The molecule has 4 N–H and O–H groups in total. The summed E-state index contributed by atoms with van der Waals surface area (Å²) in [5, 5.41) is 12.8. The number of nitrogens with two attached hydrogens (primary N) is 1. The molecule has 0 aromatic heterocycles. The van der Waals surface area contributed by atoms with Gasteiger partial charge in [-0.25, -0.2) is 0 Å². The molecule has 0 aliphatic heterocycles. The van der Waals surface area contributed by atoms with E-state index in [1.165, 1.54) is 38.9 Å². The van der Waals surface area contributed by atoms with Crippen molar-refractivity contribution in [2.24, 2.45) is 10.9 Å². The number of rotatable bonds is 5. The average molecular weight is 444 g/mol. The first kappa shape index (κ1) is 24.1. The van der Waals surface area contributed by atoms with Crippen LogP contribution < -0.4 is 11.1 Å². The second kappa shape index (κ2) is 11.3. The number of oxime groups is 1. The summed E-state index contributed by atoms with van der Waals surface area (Å²) in [4.78, 5) is 12.7. The first-order chi connectivity index (χ1) is 16.0. The van der Waals surface area contributed by atoms with Crippen molar-refractivity contribution in [3.63, 3.8) is 0 Å². The number of carbonyl (C=O) groups is 1. The van der Waals surface area contributed by atoms with Gasteiger partial charge in [0.2, 0.25) is 0 Å². The Hall–Kier alpha value is -3.60. The highest BCUT2D eigenvalue weighted by molar-refractivity contribution is 5.94. The average Bonchev–Trinajstić information content (AvgIpc) is 2.85. The molecule has 4 rings (SSSR count). The second-order valence-corrected chi connectivity index (χ2v) is 8.37. The largest absolute Gasteiger partial charge is 0.410 e. The van der Waals surface area contributed by atoms with E-state index in [1.54, 1.807) is 0 Å². The van der Waals surface area contributed by atoms with Crippen LogP contribution in [0.25, 0.3) is 0 Å². The predicted octanol–water partition coefficient (Wildman–Crippen LogP) is 4.91. The third-order valence-corrected chi connectivity index (χ3v) is 6.15. The molecular formula is C28H33N3O2. The van der Waals surface area contributed by atoms with Gasteiger partial charge in [0.25, 0.3) is 5.91 Å². The highest BCUT2D eigenvalue weighted by Gasteiger charge is 2.19. The Labute approximate surface area is 196 Å². The molecular weight excluding hydrogens is 410 g/mol. The molecule has 0 unspecified atom stereocenters.